The predicted molar refractivity (Wildman–Crippen MR) is 92.0 cm³/mol. The Labute approximate surface area is 138 Å². The van der Waals surface area contributed by atoms with E-state index >= 15 is 0 Å². The molecule has 0 heterocycles. The van der Waals surface area contributed by atoms with Crippen LogP contribution >= 0.6 is 39.1 Å². The van der Waals surface area contributed by atoms with Gasteiger partial charge in [-0.1, -0.05) is 52.1 Å². The second-order valence-electron chi connectivity index (χ2n) is 4.74. The van der Waals surface area contributed by atoms with Crippen LogP contribution in [0, 0.1) is 6.92 Å². The molecule has 0 fully saturated rings. The minimum Gasteiger partial charge on any atom is -0.378 e. The Morgan fingerprint density at radius 3 is 2.45 bits per heavy atom. The number of hydrogen-bond acceptors (Lipinski definition) is 1. The van der Waals surface area contributed by atoms with Crippen molar-refractivity contribution < 1.29 is 0 Å². The van der Waals surface area contributed by atoms with Crippen LogP contribution in [0.3, 0.4) is 0 Å². The topological polar surface area (TPSA) is 12.0 Å². The fourth-order valence-electron chi connectivity index (χ4n) is 2.09. The summed E-state index contributed by atoms with van der Waals surface area (Å²) in [5.41, 5.74) is 3.45. The van der Waals surface area contributed by atoms with Gasteiger partial charge in [0, 0.05) is 10.2 Å². The number of hydrogen-bond donors (Lipinski definition) is 1. The monoisotopic (exact) mass is 371 g/mol. The van der Waals surface area contributed by atoms with Crippen LogP contribution in [0.1, 0.15) is 30.5 Å². The molecule has 2 aromatic rings. The van der Waals surface area contributed by atoms with Crippen LogP contribution in [0.2, 0.25) is 10.0 Å². The van der Waals surface area contributed by atoms with E-state index in [0.29, 0.717) is 10.0 Å². The summed E-state index contributed by atoms with van der Waals surface area (Å²) in [5, 5.41) is 4.72. The molecule has 20 heavy (non-hydrogen) atoms. The van der Waals surface area contributed by atoms with E-state index in [0.717, 1.165) is 22.1 Å². The fourth-order valence-corrected chi connectivity index (χ4v) is 2.64. The molecule has 0 aliphatic carbocycles. The van der Waals surface area contributed by atoms with Crippen LogP contribution in [0.4, 0.5) is 5.69 Å². The van der Waals surface area contributed by atoms with Gasteiger partial charge in [-0.15, -0.1) is 0 Å². The van der Waals surface area contributed by atoms with Crippen molar-refractivity contribution in [2.75, 3.05) is 5.32 Å². The molecule has 106 valence electrons. The molecular weight excluding hydrogens is 357 g/mol. The Morgan fingerprint density at radius 1 is 1.10 bits per heavy atom. The molecule has 0 spiro atoms. The van der Waals surface area contributed by atoms with Crippen LogP contribution < -0.4 is 5.32 Å². The maximum Gasteiger partial charge on any atom is 0.0595 e. The van der Waals surface area contributed by atoms with Crippen molar-refractivity contribution in [3.8, 4) is 0 Å². The summed E-state index contributed by atoms with van der Waals surface area (Å²) in [6.45, 7) is 4.22. The average Bonchev–Trinajstić information content (AvgIpc) is 2.43. The van der Waals surface area contributed by atoms with Crippen molar-refractivity contribution >= 4 is 44.8 Å². The molecule has 0 amide bonds. The largest absolute Gasteiger partial charge is 0.378 e. The molecule has 1 nitrogen and oxygen atoms in total. The maximum atomic E-state index is 6.10. The summed E-state index contributed by atoms with van der Waals surface area (Å²) in [5.74, 6) is 0. The summed E-state index contributed by atoms with van der Waals surface area (Å²) in [6, 6.07) is 12.3. The molecular formula is C16H16BrCl2N. The third kappa shape index (κ3) is 3.69. The molecule has 0 radical (unpaired) electrons. The number of nitrogens with one attached hydrogen (secondary N) is 1. The summed E-state index contributed by atoms with van der Waals surface area (Å²) < 4.78 is 1.12. The summed E-state index contributed by atoms with van der Waals surface area (Å²) in [7, 11) is 0. The summed E-state index contributed by atoms with van der Waals surface area (Å²) in [6.07, 6.45) is 0.965. The molecule has 0 bridgehead atoms. The van der Waals surface area contributed by atoms with Gasteiger partial charge in [-0.3, -0.25) is 0 Å². The Kier molecular flexibility index (Phi) is 5.36. The van der Waals surface area contributed by atoms with Crippen molar-refractivity contribution in [2.45, 2.75) is 26.3 Å². The SMILES string of the molecule is CCC(Nc1ccc(Br)c(C)c1)c1ccc(Cl)c(Cl)c1. The first kappa shape index (κ1) is 15.7. The maximum absolute atomic E-state index is 6.10. The van der Waals surface area contributed by atoms with Crippen LogP contribution in [-0.4, -0.2) is 0 Å². The van der Waals surface area contributed by atoms with Crippen LogP contribution in [0.25, 0.3) is 0 Å². The van der Waals surface area contributed by atoms with Crippen molar-refractivity contribution in [2.24, 2.45) is 0 Å². The lowest BCUT2D eigenvalue weighted by Crippen LogP contribution is -2.09. The molecule has 2 rings (SSSR count). The first-order valence-electron chi connectivity index (χ1n) is 6.49. The highest BCUT2D eigenvalue weighted by Crippen LogP contribution is 2.30. The van der Waals surface area contributed by atoms with E-state index in [1.165, 1.54) is 5.56 Å². The van der Waals surface area contributed by atoms with Gasteiger partial charge in [0.05, 0.1) is 16.1 Å². The number of anilines is 1. The Bertz CT molecular complexity index is 613. The quantitative estimate of drug-likeness (QED) is 0.635. The molecule has 1 atom stereocenters. The van der Waals surface area contributed by atoms with Gasteiger partial charge in [0.2, 0.25) is 0 Å². The third-order valence-electron chi connectivity index (χ3n) is 3.25. The van der Waals surface area contributed by atoms with Gasteiger partial charge in [0.1, 0.15) is 0 Å². The van der Waals surface area contributed by atoms with Gasteiger partial charge in [0.25, 0.3) is 0 Å². The molecule has 0 aromatic heterocycles. The predicted octanol–water partition coefficient (Wildman–Crippen LogP) is 6.63. The van der Waals surface area contributed by atoms with Gasteiger partial charge >= 0.3 is 0 Å². The van der Waals surface area contributed by atoms with Crippen LogP contribution in [0.5, 0.6) is 0 Å². The van der Waals surface area contributed by atoms with E-state index < -0.39 is 0 Å². The van der Waals surface area contributed by atoms with Crippen molar-refractivity contribution in [3.05, 3.63) is 62.0 Å². The van der Waals surface area contributed by atoms with Crippen LogP contribution in [0.15, 0.2) is 40.9 Å². The zero-order chi connectivity index (χ0) is 14.7. The zero-order valence-electron chi connectivity index (χ0n) is 11.4. The van der Waals surface area contributed by atoms with Gasteiger partial charge < -0.3 is 5.32 Å². The van der Waals surface area contributed by atoms with Crippen LogP contribution in [-0.2, 0) is 0 Å². The minimum absolute atomic E-state index is 0.213. The molecule has 4 heteroatoms. The molecule has 1 unspecified atom stereocenters. The zero-order valence-corrected chi connectivity index (χ0v) is 14.5. The van der Waals surface area contributed by atoms with E-state index in [1.54, 1.807) is 0 Å². The number of benzene rings is 2. The van der Waals surface area contributed by atoms with E-state index in [9.17, 15) is 0 Å². The fraction of sp³-hybridized carbons (Fsp3) is 0.250. The minimum atomic E-state index is 0.213. The third-order valence-corrected chi connectivity index (χ3v) is 4.88. The van der Waals surface area contributed by atoms with Gasteiger partial charge in [-0.05, 0) is 54.8 Å². The molecule has 1 N–H and O–H groups in total. The smallest absolute Gasteiger partial charge is 0.0595 e. The van der Waals surface area contributed by atoms with E-state index in [2.05, 4.69) is 53.3 Å². The number of rotatable bonds is 4. The van der Waals surface area contributed by atoms with E-state index in [-0.39, 0.29) is 6.04 Å². The lowest BCUT2D eigenvalue weighted by molar-refractivity contribution is 0.749. The van der Waals surface area contributed by atoms with E-state index in [1.807, 2.05) is 18.2 Å². The molecule has 2 aromatic carbocycles. The summed E-state index contributed by atoms with van der Waals surface area (Å²) in [4.78, 5) is 0. The average molecular weight is 373 g/mol. The van der Waals surface area contributed by atoms with Gasteiger partial charge in [-0.25, -0.2) is 0 Å². The van der Waals surface area contributed by atoms with Crippen molar-refractivity contribution in [1.82, 2.24) is 0 Å². The van der Waals surface area contributed by atoms with Crippen molar-refractivity contribution in [1.29, 1.82) is 0 Å². The number of aryl methyl sites for hydroxylation is 1. The lowest BCUT2D eigenvalue weighted by Gasteiger charge is -2.20. The standard InChI is InChI=1S/C16H16BrCl2N/c1-3-16(11-4-7-14(18)15(19)9-11)20-12-5-6-13(17)10(2)8-12/h4-9,16,20H,3H2,1-2H3. The Balaban J connectivity index is 2.23. The number of halogens is 3. The Hall–Kier alpha value is -0.700. The highest BCUT2D eigenvalue weighted by molar-refractivity contribution is 9.10. The first-order chi connectivity index (χ1) is 9.51. The first-order valence-corrected chi connectivity index (χ1v) is 8.03. The Morgan fingerprint density at radius 2 is 1.85 bits per heavy atom. The highest BCUT2D eigenvalue weighted by Gasteiger charge is 2.11. The van der Waals surface area contributed by atoms with Gasteiger partial charge in [-0.2, -0.15) is 0 Å². The molecule has 0 aliphatic heterocycles. The normalized spacial score (nSPS) is 12.2. The van der Waals surface area contributed by atoms with Gasteiger partial charge in [0.15, 0.2) is 0 Å². The van der Waals surface area contributed by atoms with Crippen molar-refractivity contribution in [3.63, 3.8) is 0 Å². The van der Waals surface area contributed by atoms with E-state index in [4.69, 9.17) is 23.2 Å². The molecule has 0 saturated carbocycles. The molecule has 0 aliphatic rings. The molecule has 0 saturated heterocycles. The lowest BCUT2D eigenvalue weighted by atomic mass is 10.0. The summed E-state index contributed by atoms with van der Waals surface area (Å²) >= 11 is 15.6. The second-order valence-corrected chi connectivity index (χ2v) is 6.41. The second kappa shape index (κ2) is 6.84. The highest BCUT2D eigenvalue weighted by atomic mass is 79.9.